The Balaban J connectivity index is 3.09. The Kier molecular flexibility index (Phi) is 5.12. The van der Waals surface area contributed by atoms with Gasteiger partial charge >= 0.3 is 6.03 Å². The molecule has 1 unspecified atom stereocenters. The van der Waals surface area contributed by atoms with Crippen LogP contribution in [0.2, 0.25) is 0 Å². The third-order valence-electron chi connectivity index (χ3n) is 2.61. The van der Waals surface area contributed by atoms with Crippen LogP contribution in [0.25, 0.3) is 0 Å². The lowest BCUT2D eigenvalue weighted by atomic mass is 10.3. The first-order chi connectivity index (χ1) is 9.20. The van der Waals surface area contributed by atoms with Crippen LogP contribution in [0.15, 0.2) is 11.2 Å². The van der Waals surface area contributed by atoms with Gasteiger partial charge in [0.25, 0.3) is 15.0 Å². The van der Waals surface area contributed by atoms with E-state index < -0.39 is 27.0 Å². The van der Waals surface area contributed by atoms with Crippen LogP contribution in [-0.4, -0.2) is 37.0 Å². The molecule has 0 aliphatic carbocycles. The van der Waals surface area contributed by atoms with Gasteiger partial charge in [-0.05, 0) is 6.92 Å². The molecule has 0 aliphatic heterocycles. The number of aryl methyl sites for hydroxylation is 1. The number of carbonyl (C=O) groups excluding carboxylic acids is 2. The number of hydrogen-bond donors (Lipinski definition) is 2. The zero-order chi connectivity index (χ0) is 15.5. The first-order valence-corrected chi connectivity index (χ1v) is 8.06. The minimum Gasteiger partial charge on any atom is -0.341 e. The van der Waals surface area contributed by atoms with E-state index in [2.05, 4.69) is 15.6 Å². The maximum absolute atomic E-state index is 11.8. The highest BCUT2D eigenvalue weighted by Gasteiger charge is 2.23. The number of hydrogen-bond acceptors (Lipinski definition) is 5. The van der Waals surface area contributed by atoms with Crippen molar-refractivity contribution in [2.45, 2.75) is 31.3 Å². The van der Waals surface area contributed by atoms with E-state index in [9.17, 15) is 18.0 Å². The molecule has 1 aromatic rings. The van der Waals surface area contributed by atoms with E-state index in [1.54, 1.807) is 6.92 Å². The van der Waals surface area contributed by atoms with E-state index in [0.29, 0.717) is 12.2 Å². The molecule has 2 N–H and O–H groups in total. The van der Waals surface area contributed by atoms with Crippen LogP contribution in [-0.2, 0) is 20.3 Å². The number of rotatable bonds is 4. The molecule has 0 aliphatic rings. The fourth-order valence-corrected chi connectivity index (χ4v) is 2.20. The summed E-state index contributed by atoms with van der Waals surface area (Å²) in [6.07, 6.45) is 1.58. The molecule has 3 amide bonds. The Bertz CT molecular complexity index is 625. The number of amides is 3. The molecule has 8 nitrogen and oxygen atoms in total. The zero-order valence-electron chi connectivity index (χ0n) is 11.2. The van der Waals surface area contributed by atoms with Crippen LogP contribution in [0.1, 0.15) is 25.7 Å². The summed E-state index contributed by atoms with van der Waals surface area (Å²) in [6, 6.07) is -1.45. The molecule has 0 radical (unpaired) electrons. The van der Waals surface area contributed by atoms with Crippen LogP contribution in [0, 0.1) is 0 Å². The van der Waals surface area contributed by atoms with Gasteiger partial charge in [-0.3, -0.25) is 10.1 Å². The van der Waals surface area contributed by atoms with Crippen molar-refractivity contribution in [1.29, 1.82) is 0 Å². The Morgan fingerprint density at radius 2 is 2.10 bits per heavy atom. The minimum atomic E-state index is -3.97. The molecule has 0 saturated carbocycles. The lowest BCUT2D eigenvalue weighted by Gasteiger charge is -2.14. The van der Waals surface area contributed by atoms with Crippen molar-refractivity contribution in [2.75, 3.05) is 7.05 Å². The van der Waals surface area contributed by atoms with Gasteiger partial charge in [0.15, 0.2) is 5.03 Å². The van der Waals surface area contributed by atoms with Gasteiger partial charge in [0.05, 0.1) is 0 Å². The lowest BCUT2D eigenvalue weighted by Crippen LogP contribution is -2.41. The summed E-state index contributed by atoms with van der Waals surface area (Å²) < 4.78 is 23.9. The summed E-state index contributed by atoms with van der Waals surface area (Å²) in [7, 11) is 2.63. The predicted molar refractivity (Wildman–Crippen MR) is 72.0 cm³/mol. The van der Waals surface area contributed by atoms with Gasteiger partial charge in [-0.1, -0.05) is 6.92 Å². The van der Waals surface area contributed by atoms with Crippen LogP contribution in [0.3, 0.4) is 0 Å². The Morgan fingerprint density at radius 3 is 2.55 bits per heavy atom. The SMILES string of the molecule is CCc1nc(S(=O)(=O)Cl)cn1C(C)C(=O)NC(=O)NC. The number of halogens is 1. The smallest absolute Gasteiger partial charge is 0.321 e. The molecule has 0 saturated heterocycles. The molecule has 1 heterocycles. The number of imide groups is 1. The number of carbonyl (C=O) groups is 2. The summed E-state index contributed by atoms with van der Waals surface area (Å²) >= 11 is 0. The van der Waals surface area contributed by atoms with Gasteiger partial charge in [-0.2, -0.15) is 0 Å². The second-order valence-corrected chi connectivity index (χ2v) is 6.45. The molecular weight excluding hydrogens is 308 g/mol. The molecular formula is C10H15ClN4O4S. The van der Waals surface area contributed by atoms with Crippen LogP contribution < -0.4 is 10.6 Å². The maximum Gasteiger partial charge on any atom is 0.321 e. The minimum absolute atomic E-state index is 0.324. The van der Waals surface area contributed by atoms with Gasteiger partial charge in [0, 0.05) is 30.3 Å². The highest BCUT2D eigenvalue weighted by molar-refractivity contribution is 8.13. The van der Waals surface area contributed by atoms with E-state index in [1.807, 2.05) is 0 Å². The van der Waals surface area contributed by atoms with Crippen molar-refractivity contribution in [1.82, 2.24) is 20.2 Å². The summed E-state index contributed by atoms with van der Waals surface area (Å²) in [5.41, 5.74) is 0. The van der Waals surface area contributed by atoms with Crippen LogP contribution in [0.5, 0.6) is 0 Å². The number of nitrogens with zero attached hydrogens (tertiary/aromatic N) is 2. The van der Waals surface area contributed by atoms with Crippen molar-refractivity contribution in [3.05, 3.63) is 12.0 Å². The van der Waals surface area contributed by atoms with Crippen molar-refractivity contribution in [2.24, 2.45) is 0 Å². The largest absolute Gasteiger partial charge is 0.341 e. The molecule has 0 aromatic carbocycles. The standard InChI is InChI=1S/C10H15ClN4O4S/c1-4-7-13-8(20(11,18)19)5-15(7)6(2)9(16)14-10(17)12-3/h5-6H,4H2,1-3H3,(H2,12,14,16,17). The molecule has 10 heteroatoms. The number of urea groups is 1. The van der Waals surface area contributed by atoms with Gasteiger partial charge in [-0.25, -0.2) is 18.2 Å². The van der Waals surface area contributed by atoms with E-state index >= 15 is 0 Å². The summed E-state index contributed by atoms with van der Waals surface area (Å²) in [5.74, 6) is -0.209. The molecule has 0 bridgehead atoms. The first-order valence-electron chi connectivity index (χ1n) is 5.75. The third kappa shape index (κ3) is 3.70. The molecule has 1 rings (SSSR count). The van der Waals surface area contributed by atoms with E-state index in [1.165, 1.54) is 24.7 Å². The summed E-state index contributed by atoms with van der Waals surface area (Å²) in [4.78, 5) is 26.8. The Hall–Kier alpha value is -1.61. The fourth-order valence-electron chi connectivity index (χ4n) is 1.53. The second-order valence-electron chi connectivity index (χ2n) is 3.94. The molecule has 1 aromatic heterocycles. The summed E-state index contributed by atoms with van der Waals surface area (Å²) in [5, 5.41) is 4.03. The highest BCUT2D eigenvalue weighted by atomic mass is 35.7. The van der Waals surface area contributed by atoms with Gasteiger partial charge in [-0.15, -0.1) is 0 Å². The Morgan fingerprint density at radius 1 is 1.50 bits per heavy atom. The maximum atomic E-state index is 11.8. The normalized spacial score (nSPS) is 12.8. The second kappa shape index (κ2) is 6.23. The number of nitrogens with one attached hydrogen (secondary N) is 2. The lowest BCUT2D eigenvalue weighted by molar-refractivity contribution is -0.122. The molecule has 0 fully saturated rings. The molecule has 0 spiro atoms. The monoisotopic (exact) mass is 322 g/mol. The van der Waals surface area contributed by atoms with Crippen molar-refractivity contribution < 1.29 is 18.0 Å². The molecule has 1 atom stereocenters. The average molecular weight is 323 g/mol. The van der Waals surface area contributed by atoms with Crippen molar-refractivity contribution >= 4 is 31.7 Å². The Labute approximate surface area is 120 Å². The van der Waals surface area contributed by atoms with Crippen LogP contribution in [0.4, 0.5) is 4.79 Å². The first kappa shape index (κ1) is 16.4. The summed E-state index contributed by atoms with van der Waals surface area (Å²) in [6.45, 7) is 3.27. The zero-order valence-corrected chi connectivity index (χ0v) is 12.7. The fraction of sp³-hybridized carbons (Fsp3) is 0.500. The van der Waals surface area contributed by atoms with Gasteiger partial charge < -0.3 is 9.88 Å². The van der Waals surface area contributed by atoms with E-state index in [4.69, 9.17) is 10.7 Å². The highest BCUT2D eigenvalue weighted by Crippen LogP contribution is 2.19. The van der Waals surface area contributed by atoms with Crippen molar-refractivity contribution in [3.8, 4) is 0 Å². The number of aromatic nitrogens is 2. The topological polar surface area (TPSA) is 110 Å². The quantitative estimate of drug-likeness (QED) is 0.779. The van der Waals surface area contributed by atoms with Crippen LogP contribution >= 0.6 is 10.7 Å². The van der Waals surface area contributed by atoms with E-state index in [0.717, 1.165) is 0 Å². The average Bonchev–Trinajstić information content (AvgIpc) is 2.81. The third-order valence-corrected chi connectivity index (χ3v) is 3.78. The number of imidazole rings is 1. The molecule has 112 valence electrons. The van der Waals surface area contributed by atoms with Gasteiger partial charge in [0.2, 0.25) is 0 Å². The van der Waals surface area contributed by atoms with Crippen molar-refractivity contribution in [3.63, 3.8) is 0 Å². The van der Waals surface area contributed by atoms with E-state index in [-0.39, 0.29) is 5.03 Å². The predicted octanol–water partition coefficient (Wildman–Crippen LogP) is 0.390. The molecule has 20 heavy (non-hydrogen) atoms. The van der Waals surface area contributed by atoms with Gasteiger partial charge in [0.1, 0.15) is 11.9 Å².